The highest BCUT2D eigenvalue weighted by atomic mass is 32.2. The number of carbonyl (C=O) groups is 3. The van der Waals surface area contributed by atoms with Crippen LogP contribution in [0, 0.1) is 0 Å². The minimum atomic E-state index is -3.99. The second-order valence-electron chi connectivity index (χ2n) is 11.9. The maximum absolute atomic E-state index is 13.2. The number of ether oxygens (including phenoxy) is 1. The zero-order valence-corrected chi connectivity index (χ0v) is 26.4. The standard InChI is InChI=1S/C31H40N6O6S/c1-35(2)44(41,42)34-30(39)20-10-12-25-26(16-20)37-17-22(33-31(40)36(3)18-27(32)38)14-21-15-23(43-4)11-13-24(21)29(37)28(25)19-8-6-5-7-9-19/h10-13,15-16,19,22H,5-9,14,17-18H2,1-4H3,(H2,32,38)(H,33,40)(H,34,39). The second kappa shape index (κ2) is 12.5. The lowest BCUT2D eigenvalue weighted by Crippen LogP contribution is -2.47. The van der Waals surface area contributed by atoms with Crippen LogP contribution in [0.2, 0.25) is 0 Å². The van der Waals surface area contributed by atoms with Crippen molar-refractivity contribution in [2.75, 3.05) is 34.8 Å². The van der Waals surface area contributed by atoms with E-state index in [9.17, 15) is 22.8 Å². The summed E-state index contributed by atoms with van der Waals surface area (Å²) in [5, 5.41) is 4.07. The van der Waals surface area contributed by atoms with Gasteiger partial charge in [0, 0.05) is 49.7 Å². The first kappa shape index (κ1) is 31.3. The van der Waals surface area contributed by atoms with Crippen molar-refractivity contribution in [3.8, 4) is 17.0 Å². The first-order valence-electron chi connectivity index (χ1n) is 14.8. The van der Waals surface area contributed by atoms with Crippen molar-refractivity contribution in [3.63, 3.8) is 0 Å². The number of benzene rings is 2. The number of primary amides is 1. The van der Waals surface area contributed by atoms with Crippen LogP contribution in [0.15, 0.2) is 36.4 Å². The van der Waals surface area contributed by atoms with Crippen molar-refractivity contribution in [2.45, 2.75) is 57.0 Å². The second-order valence-corrected chi connectivity index (χ2v) is 13.7. The van der Waals surface area contributed by atoms with Gasteiger partial charge in [-0.05, 0) is 66.6 Å². The first-order chi connectivity index (χ1) is 20.9. The van der Waals surface area contributed by atoms with Crippen molar-refractivity contribution >= 4 is 39.0 Å². The van der Waals surface area contributed by atoms with Crippen LogP contribution >= 0.6 is 0 Å². The molecule has 2 aliphatic rings. The number of methoxy groups -OCH3 is 1. The van der Waals surface area contributed by atoms with Gasteiger partial charge >= 0.3 is 16.2 Å². The molecule has 13 heteroatoms. The van der Waals surface area contributed by atoms with Crippen LogP contribution in [0.25, 0.3) is 22.2 Å². The summed E-state index contributed by atoms with van der Waals surface area (Å²) in [6, 6.07) is 10.5. The quantitative estimate of drug-likeness (QED) is 0.350. The van der Waals surface area contributed by atoms with Crippen LogP contribution in [0.1, 0.15) is 59.5 Å². The average molecular weight is 625 g/mol. The minimum absolute atomic E-state index is 0.208. The molecule has 0 bridgehead atoms. The van der Waals surface area contributed by atoms with Gasteiger partial charge in [-0.3, -0.25) is 9.59 Å². The van der Waals surface area contributed by atoms with E-state index in [0.717, 1.165) is 57.7 Å². The lowest BCUT2D eigenvalue weighted by atomic mass is 9.81. The van der Waals surface area contributed by atoms with Crippen LogP contribution in [0.4, 0.5) is 4.79 Å². The smallest absolute Gasteiger partial charge is 0.317 e. The maximum atomic E-state index is 13.2. The molecule has 0 spiro atoms. The van der Waals surface area contributed by atoms with E-state index >= 15 is 0 Å². The van der Waals surface area contributed by atoms with Gasteiger partial charge in [-0.25, -0.2) is 9.52 Å². The summed E-state index contributed by atoms with van der Waals surface area (Å²) in [5.41, 5.74) is 10.6. The van der Waals surface area contributed by atoms with E-state index in [1.54, 1.807) is 19.2 Å². The fourth-order valence-corrected chi connectivity index (χ4v) is 6.94. The molecule has 1 fully saturated rings. The third-order valence-corrected chi connectivity index (χ3v) is 9.99. The predicted octanol–water partition coefficient (Wildman–Crippen LogP) is 2.95. The highest BCUT2D eigenvalue weighted by Gasteiger charge is 2.32. The zero-order chi connectivity index (χ0) is 31.8. The Morgan fingerprint density at radius 1 is 1.05 bits per heavy atom. The van der Waals surface area contributed by atoms with E-state index in [1.165, 1.54) is 38.0 Å². The largest absolute Gasteiger partial charge is 0.497 e. The summed E-state index contributed by atoms with van der Waals surface area (Å²) >= 11 is 0. The molecule has 0 saturated heterocycles. The van der Waals surface area contributed by atoms with Crippen LogP contribution < -0.4 is 20.5 Å². The van der Waals surface area contributed by atoms with Gasteiger partial charge < -0.3 is 25.3 Å². The fourth-order valence-electron chi connectivity index (χ4n) is 6.40. The molecule has 3 aromatic rings. The van der Waals surface area contributed by atoms with Crippen LogP contribution in [0.3, 0.4) is 0 Å². The van der Waals surface area contributed by atoms with Gasteiger partial charge in [-0.2, -0.15) is 12.7 Å². The Kier molecular flexibility index (Phi) is 8.89. The number of nitrogens with one attached hydrogen (secondary N) is 2. The number of hydrogen-bond acceptors (Lipinski definition) is 6. The summed E-state index contributed by atoms with van der Waals surface area (Å²) in [6.45, 7) is 0.160. The molecule has 1 unspecified atom stereocenters. The number of carbonyl (C=O) groups excluding carboxylic acids is 3. The van der Waals surface area contributed by atoms with E-state index in [1.807, 2.05) is 24.3 Å². The van der Waals surface area contributed by atoms with Gasteiger partial charge in [0.15, 0.2) is 0 Å². The van der Waals surface area contributed by atoms with Gasteiger partial charge in [-0.1, -0.05) is 25.3 Å². The molecule has 44 heavy (non-hydrogen) atoms. The molecule has 1 aliphatic carbocycles. The maximum Gasteiger partial charge on any atom is 0.317 e. The zero-order valence-electron chi connectivity index (χ0n) is 25.6. The van der Waals surface area contributed by atoms with Gasteiger partial charge in [0.05, 0.1) is 18.8 Å². The molecule has 1 atom stereocenters. The molecular weight excluding hydrogens is 584 g/mol. The molecule has 4 N–H and O–H groups in total. The highest BCUT2D eigenvalue weighted by molar-refractivity contribution is 7.87. The van der Waals surface area contributed by atoms with Crippen molar-refractivity contribution in [3.05, 3.63) is 53.1 Å². The van der Waals surface area contributed by atoms with Crippen LogP contribution in [-0.2, 0) is 28.0 Å². The monoisotopic (exact) mass is 624 g/mol. The molecule has 12 nitrogen and oxygen atoms in total. The van der Waals surface area contributed by atoms with Crippen molar-refractivity contribution < 1.29 is 27.5 Å². The average Bonchev–Trinajstić information content (AvgIpc) is 3.20. The van der Waals surface area contributed by atoms with Crippen molar-refractivity contribution in [1.29, 1.82) is 0 Å². The molecule has 5 rings (SSSR count). The summed E-state index contributed by atoms with van der Waals surface area (Å²) in [5.74, 6) is -0.341. The lowest BCUT2D eigenvalue weighted by molar-refractivity contribution is -0.118. The number of hydrogen-bond donors (Lipinski definition) is 3. The molecule has 4 amide bonds. The Morgan fingerprint density at radius 3 is 2.43 bits per heavy atom. The van der Waals surface area contributed by atoms with Gasteiger partial charge in [0.2, 0.25) is 5.91 Å². The third kappa shape index (κ3) is 6.25. The molecule has 2 aromatic carbocycles. The van der Waals surface area contributed by atoms with E-state index < -0.39 is 28.1 Å². The highest BCUT2D eigenvalue weighted by Crippen LogP contribution is 2.46. The summed E-state index contributed by atoms with van der Waals surface area (Å²) in [7, 11) is 1.84. The Balaban J connectivity index is 1.69. The van der Waals surface area contributed by atoms with E-state index in [0.29, 0.717) is 24.6 Å². The number of amides is 4. The van der Waals surface area contributed by atoms with Crippen molar-refractivity contribution in [2.24, 2.45) is 5.73 Å². The number of likely N-dealkylation sites (N-methyl/N-ethyl adjacent to an activating group) is 1. The molecule has 1 aromatic heterocycles. The fraction of sp³-hybridized carbons (Fsp3) is 0.452. The van der Waals surface area contributed by atoms with Crippen LogP contribution in [0.5, 0.6) is 5.75 Å². The number of urea groups is 1. The number of nitrogens with zero attached hydrogens (tertiary/aromatic N) is 3. The lowest BCUT2D eigenvalue weighted by Gasteiger charge is -2.24. The minimum Gasteiger partial charge on any atom is -0.497 e. The van der Waals surface area contributed by atoms with E-state index in [2.05, 4.69) is 14.6 Å². The van der Waals surface area contributed by atoms with Crippen molar-refractivity contribution in [1.82, 2.24) is 23.8 Å². The summed E-state index contributed by atoms with van der Waals surface area (Å²) < 4.78 is 35.6. The van der Waals surface area contributed by atoms with Gasteiger partial charge in [0.1, 0.15) is 12.3 Å². The SMILES string of the molecule is COc1ccc2c(c1)CC(NC(=O)N(C)CC(N)=O)Cn1c-2c(C2CCCCC2)c2ccc(C(=O)NS(=O)(=O)N(C)C)cc21. The Labute approximate surface area is 257 Å². The molecule has 1 aliphatic heterocycles. The third-order valence-electron chi connectivity index (χ3n) is 8.59. The molecule has 1 saturated carbocycles. The molecular formula is C31H40N6O6S. The van der Waals surface area contributed by atoms with Gasteiger partial charge in [0.25, 0.3) is 5.91 Å². The van der Waals surface area contributed by atoms with E-state index in [4.69, 9.17) is 10.5 Å². The molecule has 236 valence electrons. The number of aromatic nitrogens is 1. The first-order valence-corrected chi connectivity index (χ1v) is 16.2. The number of fused-ring (bicyclic) bond motifs is 5. The Morgan fingerprint density at radius 2 is 1.77 bits per heavy atom. The van der Waals surface area contributed by atoms with Gasteiger partial charge in [-0.15, -0.1) is 0 Å². The predicted molar refractivity (Wildman–Crippen MR) is 168 cm³/mol. The number of rotatable bonds is 8. The molecule has 2 heterocycles. The molecule has 0 radical (unpaired) electrons. The van der Waals surface area contributed by atoms with Crippen LogP contribution in [-0.4, -0.2) is 80.9 Å². The topological polar surface area (TPSA) is 156 Å². The Hall–Kier alpha value is -4.10. The normalized spacial score (nSPS) is 17.0. The summed E-state index contributed by atoms with van der Waals surface area (Å²) in [6.07, 6.45) is 6.02. The summed E-state index contributed by atoms with van der Waals surface area (Å²) in [4.78, 5) is 39.0. The Bertz CT molecular complexity index is 1710. The number of nitrogens with two attached hydrogens (primary N) is 1. The van der Waals surface area contributed by atoms with E-state index in [-0.39, 0.29) is 18.2 Å².